The number of nitrogens with zero attached hydrogens (tertiary/aromatic N) is 2. The van der Waals surface area contributed by atoms with Crippen molar-refractivity contribution in [3.8, 4) is 11.3 Å². The molecular weight excluding hydrogens is 433 g/mol. The highest BCUT2D eigenvalue weighted by molar-refractivity contribution is 5.80. The predicted molar refractivity (Wildman–Crippen MR) is 127 cm³/mol. The summed E-state index contributed by atoms with van der Waals surface area (Å²) >= 11 is 0. The normalized spacial score (nSPS) is 21.5. The molecule has 0 aliphatic carbocycles. The molecule has 34 heavy (non-hydrogen) atoms. The number of benzene rings is 3. The molecule has 3 aromatic carbocycles. The van der Waals surface area contributed by atoms with E-state index in [9.17, 15) is 19.4 Å². The Morgan fingerprint density at radius 2 is 1.59 bits per heavy atom. The van der Waals surface area contributed by atoms with Crippen LogP contribution >= 0.6 is 0 Å². The molecule has 2 heterocycles. The molecule has 4 aromatic rings. The van der Waals surface area contributed by atoms with Crippen LogP contribution < -0.4 is 5.32 Å². The van der Waals surface area contributed by atoms with Crippen molar-refractivity contribution in [3.05, 3.63) is 107 Å². The average Bonchev–Trinajstić information content (AvgIpc) is 3.24. The summed E-state index contributed by atoms with van der Waals surface area (Å²) in [6, 6.07) is 23.9. The van der Waals surface area contributed by atoms with Crippen LogP contribution in [0.3, 0.4) is 0 Å². The molecule has 0 saturated heterocycles. The van der Waals surface area contributed by atoms with Gasteiger partial charge in [0, 0.05) is 11.1 Å². The van der Waals surface area contributed by atoms with Gasteiger partial charge in [-0.15, -0.1) is 0 Å². The molecule has 0 radical (unpaired) electrons. The predicted octanol–water partition coefficient (Wildman–Crippen LogP) is 4.93. The van der Waals surface area contributed by atoms with E-state index in [1.807, 2.05) is 67.6 Å². The number of halogens is 1. The molecule has 0 fully saturated rings. The van der Waals surface area contributed by atoms with Gasteiger partial charge in [0.2, 0.25) is 0 Å². The molecule has 7 heteroatoms. The number of hydrogen-bond donors (Lipinski definition) is 3. The quantitative estimate of drug-likeness (QED) is 0.396. The molecule has 3 atom stereocenters. The molecule has 6 nitrogen and oxygen atoms in total. The van der Waals surface area contributed by atoms with Crippen LogP contribution in [-0.4, -0.2) is 26.0 Å². The molecule has 1 aromatic heterocycles. The van der Waals surface area contributed by atoms with Crippen LogP contribution in [0.5, 0.6) is 0 Å². The van der Waals surface area contributed by atoms with E-state index in [0.29, 0.717) is 29.1 Å². The molecule has 0 amide bonds. The molecule has 0 saturated carbocycles. The largest absolute Gasteiger partial charge is 0.478 e. The molecule has 3 N–H and O–H groups in total. The highest BCUT2D eigenvalue weighted by Crippen LogP contribution is 2.50. The van der Waals surface area contributed by atoms with E-state index in [2.05, 4.69) is 10.4 Å². The van der Waals surface area contributed by atoms with Crippen molar-refractivity contribution in [1.82, 2.24) is 9.78 Å². The molecule has 172 valence electrons. The van der Waals surface area contributed by atoms with Gasteiger partial charge in [-0.1, -0.05) is 67.6 Å². The Morgan fingerprint density at radius 3 is 2.15 bits per heavy atom. The van der Waals surface area contributed by atoms with Crippen LogP contribution in [0.1, 0.15) is 35.6 Å². The molecule has 0 bridgehead atoms. The Balaban J connectivity index is 1.79. The van der Waals surface area contributed by atoms with E-state index < -0.39 is 23.7 Å². The summed E-state index contributed by atoms with van der Waals surface area (Å²) < 4.78 is 14.7. The number of aromatic nitrogens is 2. The minimum Gasteiger partial charge on any atom is -0.478 e. The molecule has 0 unspecified atom stereocenters. The third-order valence-electron chi connectivity index (χ3n) is 6.47. The smallest absolute Gasteiger partial charge is 0.360 e. The Kier molecular flexibility index (Phi) is 5.42. The van der Waals surface area contributed by atoms with E-state index in [-0.39, 0.29) is 5.82 Å². The summed E-state index contributed by atoms with van der Waals surface area (Å²) in [5.41, 5.74) is 1.03. The number of carboxylic acids is 1. The van der Waals surface area contributed by atoms with Crippen LogP contribution in [0, 0.1) is 5.82 Å². The topological polar surface area (TPSA) is 87.4 Å². The summed E-state index contributed by atoms with van der Waals surface area (Å²) in [6.07, 6.45) is 0.530. The maximum Gasteiger partial charge on any atom is 0.360 e. The fraction of sp³-hybridized carbons (Fsp3) is 0.185. The van der Waals surface area contributed by atoms with Crippen molar-refractivity contribution in [2.75, 3.05) is 5.32 Å². The minimum atomic E-state index is -2.37. The molecule has 0 spiro atoms. The summed E-state index contributed by atoms with van der Waals surface area (Å²) in [4.78, 5) is 12.8. The summed E-state index contributed by atoms with van der Waals surface area (Å²) in [6.45, 7) is 1.94. The van der Waals surface area contributed by atoms with Gasteiger partial charge < -0.3 is 15.5 Å². The zero-order valence-corrected chi connectivity index (χ0v) is 18.5. The highest BCUT2D eigenvalue weighted by atomic mass is 19.1. The fourth-order valence-corrected chi connectivity index (χ4v) is 4.86. The molecular formula is C27H24FN3O3. The number of aliphatic carboxylic acids is 1. The number of fused-ring (bicyclic) bond motifs is 1. The second-order valence-electron chi connectivity index (χ2n) is 8.40. The first kappa shape index (κ1) is 21.9. The number of carbonyl (C=O) groups is 1. The van der Waals surface area contributed by atoms with Crippen LogP contribution in [0.4, 0.5) is 10.2 Å². The molecule has 1 aliphatic heterocycles. The Hall–Kier alpha value is -3.97. The van der Waals surface area contributed by atoms with Gasteiger partial charge in [-0.3, -0.25) is 0 Å². The first-order valence-electron chi connectivity index (χ1n) is 11.2. The number of anilines is 1. The number of nitrogens with one attached hydrogen (secondary N) is 1. The Morgan fingerprint density at radius 1 is 1.00 bits per heavy atom. The van der Waals surface area contributed by atoms with Gasteiger partial charge in [0.05, 0.1) is 17.7 Å². The van der Waals surface area contributed by atoms with Crippen LogP contribution in [-0.2, 0) is 16.9 Å². The standard InChI is InChI=1S/C27H24FN3O3/c1-2-21-23(19-13-15-20(28)16-14-19)30-31-25(21)29-24(18-11-7-4-8-12-18)22(27(31,34)26(32)33)17-9-5-3-6-10-17/h3-16,22,24,29,34H,2H2,1H3,(H,32,33)/t22-,24-,27+/m1/s1. The van der Waals surface area contributed by atoms with E-state index in [1.54, 1.807) is 12.1 Å². The van der Waals surface area contributed by atoms with Crippen molar-refractivity contribution in [1.29, 1.82) is 0 Å². The summed E-state index contributed by atoms with van der Waals surface area (Å²) in [7, 11) is 0. The van der Waals surface area contributed by atoms with Crippen molar-refractivity contribution in [2.24, 2.45) is 0 Å². The summed E-state index contributed by atoms with van der Waals surface area (Å²) in [5, 5.41) is 30.5. The summed E-state index contributed by atoms with van der Waals surface area (Å²) in [5.74, 6) is -2.22. The number of aliphatic hydroxyl groups is 1. The third-order valence-corrected chi connectivity index (χ3v) is 6.47. The lowest BCUT2D eigenvalue weighted by Crippen LogP contribution is -2.54. The monoisotopic (exact) mass is 457 g/mol. The van der Waals surface area contributed by atoms with Crippen LogP contribution in [0.25, 0.3) is 11.3 Å². The van der Waals surface area contributed by atoms with Gasteiger partial charge in [-0.05, 0) is 41.8 Å². The van der Waals surface area contributed by atoms with Gasteiger partial charge in [-0.25, -0.2) is 13.9 Å². The number of hydrogen-bond acceptors (Lipinski definition) is 4. The highest BCUT2D eigenvalue weighted by Gasteiger charge is 2.56. The maximum atomic E-state index is 13.6. The van der Waals surface area contributed by atoms with Crippen molar-refractivity contribution in [2.45, 2.75) is 31.0 Å². The minimum absolute atomic E-state index is 0.376. The van der Waals surface area contributed by atoms with E-state index in [4.69, 9.17) is 0 Å². The molecule has 1 aliphatic rings. The lowest BCUT2D eigenvalue weighted by Gasteiger charge is -2.44. The van der Waals surface area contributed by atoms with E-state index >= 15 is 0 Å². The maximum absolute atomic E-state index is 13.6. The Bertz CT molecular complexity index is 1320. The molecule has 5 rings (SSSR count). The second-order valence-corrected chi connectivity index (χ2v) is 8.40. The third kappa shape index (κ3) is 3.36. The SMILES string of the molecule is CCc1c(-c2ccc(F)cc2)nn2c1N[C@H](c1ccccc1)[C@@H](c1ccccc1)[C@]2(O)C(=O)O. The lowest BCUT2D eigenvalue weighted by atomic mass is 9.77. The van der Waals surface area contributed by atoms with Crippen molar-refractivity contribution in [3.63, 3.8) is 0 Å². The van der Waals surface area contributed by atoms with E-state index in [0.717, 1.165) is 11.1 Å². The van der Waals surface area contributed by atoms with Gasteiger partial charge in [0.1, 0.15) is 11.6 Å². The van der Waals surface area contributed by atoms with Crippen LogP contribution in [0.15, 0.2) is 84.9 Å². The zero-order valence-electron chi connectivity index (χ0n) is 18.5. The number of rotatable bonds is 5. The van der Waals surface area contributed by atoms with Crippen LogP contribution in [0.2, 0.25) is 0 Å². The Labute approximate surface area is 196 Å². The van der Waals surface area contributed by atoms with Crippen molar-refractivity contribution >= 4 is 11.8 Å². The zero-order chi connectivity index (χ0) is 23.9. The first-order chi connectivity index (χ1) is 16.4. The average molecular weight is 458 g/mol. The fourth-order valence-electron chi connectivity index (χ4n) is 4.86. The number of carboxylic acid groups (broad SMARTS) is 1. The lowest BCUT2D eigenvalue weighted by molar-refractivity contribution is -0.179. The van der Waals surface area contributed by atoms with Crippen molar-refractivity contribution < 1.29 is 19.4 Å². The van der Waals surface area contributed by atoms with Gasteiger partial charge in [0.25, 0.3) is 5.72 Å². The van der Waals surface area contributed by atoms with Gasteiger partial charge >= 0.3 is 5.97 Å². The van der Waals surface area contributed by atoms with E-state index in [1.165, 1.54) is 16.8 Å². The van der Waals surface area contributed by atoms with Gasteiger partial charge in [0.15, 0.2) is 0 Å². The second kappa shape index (κ2) is 8.43. The van der Waals surface area contributed by atoms with Gasteiger partial charge in [-0.2, -0.15) is 5.10 Å². The first-order valence-corrected chi connectivity index (χ1v) is 11.2.